The van der Waals surface area contributed by atoms with Gasteiger partial charge in [-0.25, -0.2) is 0 Å². The van der Waals surface area contributed by atoms with Gasteiger partial charge in [-0.15, -0.1) is 0 Å². The molecule has 0 unspecified atom stereocenters. The molecule has 0 aliphatic carbocycles. The molecule has 0 aromatic heterocycles. The van der Waals surface area contributed by atoms with E-state index in [1.165, 1.54) is 95.1 Å². The van der Waals surface area contributed by atoms with E-state index in [4.69, 9.17) is 0 Å². The minimum atomic E-state index is 0. The second-order valence-corrected chi connectivity index (χ2v) is 6.75. The number of hydrogen-bond donors (Lipinski definition) is 2. The normalized spacial score (nSPS) is 19.4. The van der Waals surface area contributed by atoms with Crippen LogP contribution in [-0.4, -0.2) is 55.7 Å². The van der Waals surface area contributed by atoms with E-state index in [2.05, 4.69) is 25.8 Å². The van der Waals surface area contributed by atoms with Crippen molar-refractivity contribution in [1.29, 1.82) is 0 Å². The van der Waals surface area contributed by atoms with Crippen LogP contribution in [0.5, 0.6) is 0 Å². The molecule has 6 N–H and O–H groups in total. The Hall–Kier alpha value is -0.300. The average Bonchev–Trinajstić information content (AvgIpc) is 2.42. The third-order valence-electron chi connectivity index (χ3n) is 4.65. The Bertz CT molecular complexity index is 210. The molecule has 0 bridgehead atoms. The fourth-order valence-electron chi connectivity index (χ4n) is 3.54. The highest BCUT2D eigenvalue weighted by atomic mass is 19.0. The van der Waals surface area contributed by atoms with Gasteiger partial charge in [0.2, 0.25) is 0 Å². The Morgan fingerprint density at radius 1 is 0.783 bits per heavy atom. The van der Waals surface area contributed by atoms with E-state index in [-0.39, 0.29) is 21.7 Å². The van der Waals surface area contributed by atoms with Gasteiger partial charge in [-0.1, -0.05) is 20.3 Å². The average molecular weight is 343 g/mol. The maximum Gasteiger partial charge on any atom is 0.0784 e. The van der Waals surface area contributed by atoms with Crippen LogP contribution in [0.4, 0.5) is 4.70 Å². The van der Waals surface area contributed by atoms with Crippen molar-refractivity contribution in [3.05, 3.63) is 0 Å². The maximum absolute atomic E-state index is 2.57. The van der Waals surface area contributed by atoms with Gasteiger partial charge >= 0.3 is 0 Å². The van der Waals surface area contributed by atoms with Gasteiger partial charge < -0.3 is 26.4 Å². The number of rotatable bonds is 4. The number of nitrogens with zero attached hydrogens (tertiary/aromatic N) is 2. The second kappa shape index (κ2) is 18.0. The second-order valence-electron chi connectivity index (χ2n) is 6.75. The highest BCUT2D eigenvalue weighted by molar-refractivity contribution is 4.62. The van der Waals surface area contributed by atoms with Crippen molar-refractivity contribution >= 4 is 0 Å². The molecule has 0 radical (unpaired) electrons. The number of quaternary nitrogens is 1. The van der Waals surface area contributed by atoms with Crippen LogP contribution in [0.25, 0.3) is 0 Å². The lowest BCUT2D eigenvalue weighted by molar-refractivity contribution is -0.914. The first kappa shape index (κ1) is 30.6. The molecule has 2 saturated heterocycles. The third kappa shape index (κ3) is 13.8. The number of halogens is 2. The number of hydrogen-bond acceptors (Lipinski definition) is 3. The summed E-state index contributed by atoms with van der Waals surface area (Å²) in [4.78, 5) is 2.57. The summed E-state index contributed by atoms with van der Waals surface area (Å²) in [5, 5.41) is 0. The minimum absolute atomic E-state index is 0. The lowest BCUT2D eigenvalue weighted by atomic mass is 10.1. The first-order valence-corrected chi connectivity index (χ1v) is 8.76. The molecule has 2 aliphatic heterocycles. The van der Waals surface area contributed by atoms with E-state index in [0.717, 1.165) is 0 Å². The van der Waals surface area contributed by atoms with Crippen molar-refractivity contribution in [3.63, 3.8) is 0 Å². The van der Waals surface area contributed by atoms with E-state index in [1.807, 2.05) is 0 Å². The van der Waals surface area contributed by atoms with Crippen LogP contribution in [-0.2, 0) is 0 Å². The molecule has 23 heavy (non-hydrogen) atoms. The van der Waals surface area contributed by atoms with E-state index in [1.54, 1.807) is 0 Å². The molecule has 2 heterocycles. The SMILES string of the molecule is CCCN1CCCCC1.CCC[N+]1(C)CCCCC1.F.N.N.[F-]. The summed E-state index contributed by atoms with van der Waals surface area (Å²) in [6.07, 6.45) is 11.4. The Balaban J connectivity index is -0.000000134. The zero-order valence-electron chi connectivity index (χ0n) is 16.0. The van der Waals surface area contributed by atoms with E-state index in [0.29, 0.717) is 0 Å². The molecular weight excluding hydrogens is 298 g/mol. The first-order valence-electron chi connectivity index (χ1n) is 8.76. The monoisotopic (exact) mass is 342 g/mol. The first-order chi connectivity index (χ1) is 9.20. The fourth-order valence-corrected chi connectivity index (χ4v) is 3.54. The van der Waals surface area contributed by atoms with Crippen LogP contribution in [0.2, 0.25) is 0 Å². The summed E-state index contributed by atoms with van der Waals surface area (Å²) in [6.45, 7) is 12.8. The molecule has 0 aromatic rings. The molecule has 2 rings (SSSR count). The van der Waals surface area contributed by atoms with Gasteiger partial charge in [0.15, 0.2) is 0 Å². The third-order valence-corrected chi connectivity index (χ3v) is 4.65. The van der Waals surface area contributed by atoms with Crippen molar-refractivity contribution in [2.75, 3.05) is 46.3 Å². The Morgan fingerprint density at radius 3 is 1.70 bits per heavy atom. The molecule has 2 fully saturated rings. The van der Waals surface area contributed by atoms with Crippen molar-refractivity contribution in [3.8, 4) is 0 Å². The van der Waals surface area contributed by atoms with Crippen molar-refractivity contribution in [2.24, 2.45) is 0 Å². The number of piperidine rings is 2. The summed E-state index contributed by atoms with van der Waals surface area (Å²) in [5.74, 6) is 0. The molecule has 0 atom stereocenters. The van der Waals surface area contributed by atoms with Crippen LogP contribution < -0.4 is 17.0 Å². The molecule has 2 aliphatic rings. The molecule has 6 heteroatoms. The molecule has 0 amide bonds. The molecule has 146 valence electrons. The molecule has 4 nitrogen and oxygen atoms in total. The van der Waals surface area contributed by atoms with Crippen molar-refractivity contribution in [2.45, 2.75) is 65.2 Å². The predicted molar refractivity (Wildman–Crippen MR) is 98.1 cm³/mol. The zero-order valence-corrected chi connectivity index (χ0v) is 16.0. The van der Waals surface area contributed by atoms with Crippen molar-refractivity contribution < 1.29 is 13.9 Å². The summed E-state index contributed by atoms with van der Waals surface area (Å²) >= 11 is 0. The van der Waals surface area contributed by atoms with Crippen molar-refractivity contribution in [1.82, 2.24) is 17.2 Å². The van der Waals surface area contributed by atoms with Gasteiger partial charge in [0, 0.05) is 0 Å². The molecule has 0 aromatic carbocycles. The Kier molecular flexibility index (Phi) is 24.0. The molecular formula is C17H44F2N4. The van der Waals surface area contributed by atoms with Crippen LogP contribution in [0.15, 0.2) is 0 Å². The standard InChI is InChI=1S/C9H20N.C8H17N.2FH.2H3N/c1-3-7-10(2)8-5-4-6-9-10;1-2-6-9-7-4-3-5-8-9;;;;/h3-9H2,1-2H3;2-8H2,1H3;2*1H;2*1H3/q+1;;;;;/p-1. The van der Waals surface area contributed by atoms with E-state index in [9.17, 15) is 0 Å². The molecule has 0 spiro atoms. The summed E-state index contributed by atoms with van der Waals surface area (Å²) in [6, 6.07) is 0. The maximum atomic E-state index is 2.57. The fraction of sp³-hybridized carbons (Fsp3) is 1.00. The van der Waals surface area contributed by atoms with E-state index < -0.39 is 0 Å². The molecule has 0 saturated carbocycles. The lowest BCUT2D eigenvalue weighted by Gasteiger charge is -2.37. The van der Waals surface area contributed by atoms with Crippen LogP contribution in [0, 0.1) is 0 Å². The van der Waals surface area contributed by atoms with E-state index >= 15 is 0 Å². The number of likely N-dealkylation sites (tertiary alicyclic amines) is 2. The van der Waals surface area contributed by atoms with Crippen LogP contribution in [0.3, 0.4) is 0 Å². The zero-order chi connectivity index (χ0) is 14.0. The topological polar surface area (TPSA) is 73.2 Å². The minimum Gasteiger partial charge on any atom is -1.00 e. The predicted octanol–water partition coefficient (Wildman–Crippen LogP) is 1.39. The van der Waals surface area contributed by atoms with Crippen LogP contribution in [0.1, 0.15) is 65.2 Å². The van der Waals surface area contributed by atoms with Gasteiger partial charge in [0.05, 0.1) is 26.7 Å². The van der Waals surface area contributed by atoms with Gasteiger partial charge in [0.1, 0.15) is 0 Å². The van der Waals surface area contributed by atoms with Gasteiger partial charge in [-0.05, 0) is 64.6 Å². The Morgan fingerprint density at radius 2 is 1.26 bits per heavy atom. The quantitative estimate of drug-likeness (QED) is 0.758. The summed E-state index contributed by atoms with van der Waals surface area (Å²) < 4.78 is 1.34. The highest BCUT2D eigenvalue weighted by Crippen LogP contribution is 2.16. The smallest absolute Gasteiger partial charge is 0.0784 e. The van der Waals surface area contributed by atoms with Gasteiger partial charge in [0.25, 0.3) is 0 Å². The Labute approximate surface area is 143 Å². The highest BCUT2D eigenvalue weighted by Gasteiger charge is 2.22. The largest absolute Gasteiger partial charge is 1.00 e. The van der Waals surface area contributed by atoms with Crippen LogP contribution >= 0.6 is 0 Å². The van der Waals surface area contributed by atoms with Gasteiger partial charge in [-0.2, -0.15) is 0 Å². The summed E-state index contributed by atoms with van der Waals surface area (Å²) in [5.41, 5.74) is 0. The summed E-state index contributed by atoms with van der Waals surface area (Å²) in [7, 11) is 2.41. The van der Waals surface area contributed by atoms with Gasteiger partial charge in [-0.3, -0.25) is 4.70 Å². The lowest BCUT2D eigenvalue weighted by Crippen LogP contribution is -3.00.